The van der Waals surface area contributed by atoms with E-state index in [1.165, 1.54) is 16.4 Å². The maximum absolute atomic E-state index is 12.8. The quantitative estimate of drug-likeness (QED) is 0.615. The van der Waals surface area contributed by atoms with E-state index in [1.807, 2.05) is 27.7 Å². The van der Waals surface area contributed by atoms with Crippen LogP contribution in [0.2, 0.25) is 0 Å². The molecule has 0 fully saturated rings. The zero-order valence-corrected chi connectivity index (χ0v) is 18.3. The van der Waals surface area contributed by atoms with E-state index in [1.54, 1.807) is 36.4 Å². The summed E-state index contributed by atoms with van der Waals surface area (Å²) in [6.07, 6.45) is 1.53. The Morgan fingerprint density at radius 1 is 1.03 bits per heavy atom. The van der Waals surface area contributed by atoms with Gasteiger partial charge in [0, 0.05) is 24.3 Å². The first-order valence-electron chi connectivity index (χ1n) is 9.96. The van der Waals surface area contributed by atoms with Gasteiger partial charge in [-0.05, 0) is 69.2 Å². The molecule has 0 saturated heterocycles. The van der Waals surface area contributed by atoms with Crippen molar-refractivity contribution in [1.82, 2.24) is 4.31 Å². The highest BCUT2D eigenvalue weighted by molar-refractivity contribution is 7.89. The van der Waals surface area contributed by atoms with Crippen LogP contribution in [0.4, 0.5) is 5.69 Å². The Labute approximate surface area is 173 Å². The van der Waals surface area contributed by atoms with Crippen LogP contribution in [0.1, 0.15) is 50.9 Å². The number of benzene rings is 2. The summed E-state index contributed by atoms with van der Waals surface area (Å²) in [5.74, 6) is 0.342. The maximum Gasteiger partial charge on any atom is 0.255 e. The number of carbonyl (C=O) groups is 1. The molecular formula is C22H30N2O4S. The SMILES string of the molecule is CCCN(CCC)S(=O)(=O)c1ccc(NC(=O)c2cccc(OC(C)C)c2)cc1. The lowest BCUT2D eigenvalue weighted by molar-refractivity contribution is 0.102. The van der Waals surface area contributed by atoms with Gasteiger partial charge in [0.05, 0.1) is 11.0 Å². The van der Waals surface area contributed by atoms with Crippen LogP contribution in [0.3, 0.4) is 0 Å². The van der Waals surface area contributed by atoms with Crippen molar-refractivity contribution in [1.29, 1.82) is 0 Å². The summed E-state index contributed by atoms with van der Waals surface area (Å²) in [6, 6.07) is 13.2. The predicted molar refractivity (Wildman–Crippen MR) is 116 cm³/mol. The number of nitrogens with zero attached hydrogens (tertiary/aromatic N) is 1. The first-order chi connectivity index (χ1) is 13.8. The third kappa shape index (κ3) is 6.30. The van der Waals surface area contributed by atoms with Crippen LogP contribution in [0.5, 0.6) is 5.75 Å². The average Bonchev–Trinajstić information content (AvgIpc) is 2.68. The van der Waals surface area contributed by atoms with Gasteiger partial charge in [0.2, 0.25) is 10.0 Å². The molecule has 0 bridgehead atoms. The molecule has 0 atom stereocenters. The molecule has 0 spiro atoms. The Morgan fingerprint density at radius 3 is 2.21 bits per heavy atom. The van der Waals surface area contributed by atoms with Gasteiger partial charge in [-0.15, -0.1) is 0 Å². The molecule has 158 valence electrons. The highest BCUT2D eigenvalue weighted by Crippen LogP contribution is 2.20. The van der Waals surface area contributed by atoms with Crippen molar-refractivity contribution in [2.75, 3.05) is 18.4 Å². The van der Waals surface area contributed by atoms with Crippen molar-refractivity contribution < 1.29 is 17.9 Å². The van der Waals surface area contributed by atoms with Crippen LogP contribution < -0.4 is 10.1 Å². The van der Waals surface area contributed by atoms with Gasteiger partial charge in [0.25, 0.3) is 5.91 Å². The Bertz CT molecular complexity index is 903. The molecule has 2 aromatic carbocycles. The van der Waals surface area contributed by atoms with Crippen molar-refractivity contribution in [2.45, 2.75) is 51.5 Å². The molecule has 0 aliphatic carbocycles. The second-order valence-corrected chi connectivity index (χ2v) is 9.01. The summed E-state index contributed by atoms with van der Waals surface area (Å²) in [6.45, 7) is 8.73. The lowest BCUT2D eigenvalue weighted by Crippen LogP contribution is -2.32. The first kappa shape index (κ1) is 22.9. The fourth-order valence-electron chi connectivity index (χ4n) is 2.90. The standard InChI is InChI=1S/C22H30N2O4S/c1-5-14-24(15-6-2)29(26,27)21-12-10-19(11-13-21)23-22(25)18-8-7-9-20(16-18)28-17(3)4/h7-13,16-17H,5-6,14-15H2,1-4H3,(H,23,25). The molecule has 0 aromatic heterocycles. The van der Waals surface area contributed by atoms with Gasteiger partial charge in [-0.3, -0.25) is 4.79 Å². The summed E-state index contributed by atoms with van der Waals surface area (Å²) >= 11 is 0. The van der Waals surface area contributed by atoms with Gasteiger partial charge in [0.1, 0.15) is 5.75 Å². The highest BCUT2D eigenvalue weighted by Gasteiger charge is 2.22. The second kappa shape index (κ2) is 10.4. The molecule has 7 heteroatoms. The zero-order valence-electron chi connectivity index (χ0n) is 17.5. The van der Waals surface area contributed by atoms with E-state index in [-0.39, 0.29) is 16.9 Å². The molecule has 1 amide bonds. The van der Waals surface area contributed by atoms with Crippen molar-refractivity contribution in [2.24, 2.45) is 0 Å². The number of carbonyl (C=O) groups excluding carboxylic acids is 1. The topological polar surface area (TPSA) is 75.7 Å². The summed E-state index contributed by atoms with van der Waals surface area (Å²) in [7, 11) is -3.54. The zero-order chi connectivity index (χ0) is 21.4. The molecule has 6 nitrogen and oxygen atoms in total. The van der Waals surface area contributed by atoms with Crippen LogP contribution >= 0.6 is 0 Å². The molecule has 0 radical (unpaired) electrons. The third-order valence-corrected chi connectivity index (χ3v) is 6.08. The number of sulfonamides is 1. The predicted octanol–water partition coefficient (Wildman–Crippen LogP) is 4.54. The number of ether oxygens (including phenoxy) is 1. The summed E-state index contributed by atoms with van der Waals surface area (Å²) in [5, 5.41) is 2.79. The Balaban J connectivity index is 2.13. The monoisotopic (exact) mass is 418 g/mol. The number of hydrogen-bond donors (Lipinski definition) is 1. The van der Waals surface area contributed by atoms with E-state index in [9.17, 15) is 13.2 Å². The number of nitrogens with one attached hydrogen (secondary N) is 1. The van der Waals surface area contributed by atoms with E-state index in [2.05, 4.69) is 5.32 Å². The van der Waals surface area contributed by atoms with Crippen LogP contribution in [0.15, 0.2) is 53.4 Å². The summed E-state index contributed by atoms with van der Waals surface area (Å²) in [5.41, 5.74) is 0.999. The van der Waals surface area contributed by atoms with E-state index < -0.39 is 10.0 Å². The van der Waals surface area contributed by atoms with Gasteiger partial charge in [0.15, 0.2) is 0 Å². The molecule has 0 saturated carbocycles. The van der Waals surface area contributed by atoms with E-state index in [0.29, 0.717) is 30.1 Å². The lowest BCUT2D eigenvalue weighted by atomic mass is 10.2. The van der Waals surface area contributed by atoms with Crippen LogP contribution in [-0.2, 0) is 10.0 Å². The molecule has 0 heterocycles. The summed E-state index contributed by atoms with van der Waals surface area (Å²) < 4.78 is 32.8. The molecule has 0 unspecified atom stereocenters. The minimum atomic E-state index is -3.54. The van der Waals surface area contributed by atoms with Crippen molar-refractivity contribution in [3.63, 3.8) is 0 Å². The first-order valence-corrected chi connectivity index (χ1v) is 11.4. The lowest BCUT2D eigenvalue weighted by Gasteiger charge is -2.21. The number of hydrogen-bond acceptors (Lipinski definition) is 4. The fraction of sp³-hybridized carbons (Fsp3) is 0.409. The highest BCUT2D eigenvalue weighted by atomic mass is 32.2. The van der Waals surface area contributed by atoms with E-state index >= 15 is 0 Å². The second-order valence-electron chi connectivity index (χ2n) is 7.08. The number of anilines is 1. The third-order valence-electron chi connectivity index (χ3n) is 4.16. The van der Waals surface area contributed by atoms with Gasteiger partial charge < -0.3 is 10.1 Å². The molecule has 2 rings (SSSR count). The Hall–Kier alpha value is -2.38. The van der Waals surface area contributed by atoms with E-state index in [0.717, 1.165) is 12.8 Å². The van der Waals surface area contributed by atoms with Crippen molar-refractivity contribution >= 4 is 21.6 Å². The van der Waals surface area contributed by atoms with Crippen molar-refractivity contribution in [3.05, 3.63) is 54.1 Å². The average molecular weight is 419 g/mol. The molecule has 1 N–H and O–H groups in total. The molecule has 0 aliphatic heterocycles. The van der Waals surface area contributed by atoms with Crippen LogP contribution in [0, 0.1) is 0 Å². The Kier molecular flexibility index (Phi) is 8.22. The van der Waals surface area contributed by atoms with Gasteiger partial charge in [-0.1, -0.05) is 19.9 Å². The van der Waals surface area contributed by atoms with Gasteiger partial charge in [-0.25, -0.2) is 8.42 Å². The Morgan fingerprint density at radius 2 is 1.66 bits per heavy atom. The fourth-order valence-corrected chi connectivity index (χ4v) is 4.52. The normalized spacial score (nSPS) is 11.7. The summed E-state index contributed by atoms with van der Waals surface area (Å²) in [4.78, 5) is 12.7. The number of amides is 1. The van der Waals surface area contributed by atoms with Gasteiger partial charge >= 0.3 is 0 Å². The molecular weight excluding hydrogens is 388 g/mol. The van der Waals surface area contributed by atoms with E-state index in [4.69, 9.17) is 4.74 Å². The van der Waals surface area contributed by atoms with Gasteiger partial charge in [-0.2, -0.15) is 4.31 Å². The van der Waals surface area contributed by atoms with Crippen LogP contribution in [0.25, 0.3) is 0 Å². The molecule has 29 heavy (non-hydrogen) atoms. The van der Waals surface area contributed by atoms with Crippen molar-refractivity contribution in [3.8, 4) is 5.75 Å². The van der Waals surface area contributed by atoms with Crippen LogP contribution in [-0.4, -0.2) is 37.8 Å². The molecule has 2 aromatic rings. The minimum absolute atomic E-state index is 0.0165. The molecule has 0 aliphatic rings. The number of rotatable bonds is 10. The largest absolute Gasteiger partial charge is 0.491 e. The minimum Gasteiger partial charge on any atom is -0.491 e. The smallest absolute Gasteiger partial charge is 0.255 e. The maximum atomic E-state index is 12.8.